The van der Waals surface area contributed by atoms with Gasteiger partial charge < -0.3 is 10.2 Å². The highest BCUT2D eigenvalue weighted by Crippen LogP contribution is 2.47. The van der Waals surface area contributed by atoms with Crippen LogP contribution in [0, 0.1) is 11.8 Å². The molecule has 0 aromatic carbocycles. The Bertz CT molecular complexity index is 234. The van der Waals surface area contributed by atoms with Crippen molar-refractivity contribution in [3.8, 4) is 0 Å². The van der Waals surface area contributed by atoms with E-state index in [4.69, 9.17) is 0 Å². The maximum atomic E-state index is 11.8. The predicted molar refractivity (Wildman–Crippen MR) is 53.8 cm³/mol. The fourth-order valence-electron chi connectivity index (χ4n) is 2.71. The second-order valence-corrected chi connectivity index (χ2v) is 4.93. The molecule has 1 amide bonds. The van der Waals surface area contributed by atoms with E-state index in [-0.39, 0.29) is 0 Å². The second kappa shape index (κ2) is 3.23. The van der Waals surface area contributed by atoms with Gasteiger partial charge in [-0.05, 0) is 37.5 Å². The molecule has 0 atom stereocenters. The van der Waals surface area contributed by atoms with Crippen LogP contribution in [0.15, 0.2) is 0 Å². The maximum Gasteiger partial charge on any atom is 0.236 e. The number of amides is 1. The Morgan fingerprint density at radius 3 is 2.36 bits per heavy atom. The van der Waals surface area contributed by atoms with Gasteiger partial charge in [0.05, 0.1) is 6.54 Å². The lowest BCUT2D eigenvalue weighted by molar-refractivity contribution is -0.135. The van der Waals surface area contributed by atoms with Crippen LogP contribution in [-0.4, -0.2) is 36.5 Å². The van der Waals surface area contributed by atoms with Gasteiger partial charge in [-0.2, -0.15) is 0 Å². The zero-order valence-electron chi connectivity index (χ0n) is 8.54. The van der Waals surface area contributed by atoms with Crippen molar-refractivity contribution in [1.82, 2.24) is 10.2 Å². The van der Waals surface area contributed by atoms with E-state index in [1.165, 1.54) is 25.7 Å². The molecular formula is C11H18N2O. The molecule has 3 fully saturated rings. The van der Waals surface area contributed by atoms with Crippen LogP contribution in [0.5, 0.6) is 0 Å². The zero-order chi connectivity index (χ0) is 9.54. The number of piperazine rings is 1. The van der Waals surface area contributed by atoms with Crippen LogP contribution in [0.4, 0.5) is 0 Å². The van der Waals surface area contributed by atoms with Gasteiger partial charge in [-0.1, -0.05) is 0 Å². The molecule has 0 aromatic rings. The van der Waals surface area contributed by atoms with E-state index >= 15 is 0 Å². The highest BCUT2D eigenvalue weighted by atomic mass is 16.2. The summed E-state index contributed by atoms with van der Waals surface area (Å²) in [7, 11) is 0. The third-order valence-corrected chi connectivity index (χ3v) is 3.70. The minimum absolute atomic E-state index is 0.333. The Labute approximate surface area is 84.8 Å². The average Bonchev–Trinajstić information content (AvgIpc) is 2.99. The van der Waals surface area contributed by atoms with E-state index < -0.39 is 0 Å². The molecule has 3 nitrogen and oxygen atoms in total. The lowest BCUT2D eigenvalue weighted by Crippen LogP contribution is -2.53. The summed E-state index contributed by atoms with van der Waals surface area (Å²) in [6, 6.07) is 0.615. The first-order chi connectivity index (χ1) is 6.86. The number of hydrogen-bond donors (Lipinski definition) is 1. The Morgan fingerprint density at radius 1 is 1.21 bits per heavy atom. The minimum Gasteiger partial charge on any atom is -0.337 e. The van der Waals surface area contributed by atoms with Crippen molar-refractivity contribution in [3.05, 3.63) is 0 Å². The van der Waals surface area contributed by atoms with Crippen molar-refractivity contribution in [2.45, 2.75) is 31.7 Å². The van der Waals surface area contributed by atoms with Crippen molar-refractivity contribution in [2.24, 2.45) is 11.8 Å². The van der Waals surface area contributed by atoms with Crippen LogP contribution < -0.4 is 5.32 Å². The van der Waals surface area contributed by atoms with Gasteiger partial charge in [-0.3, -0.25) is 4.79 Å². The summed E-state index contributed by atoms with van der Waals surface area (Å²) in [5.74, 6) is 2.04. The smallest absolute Gasteiger partial charge is 0.236 e. The standard InChI is InChI=1S/C11H18N2O/c14-10-7-12-5-6-13(10)11(8-1-2-8)9-3-4-9/h8-9,11-12H,1-7H2. The molecule has 1 aliphatic heterocycles. The van der Waals surface area contributed by atoms with Gasteiger partial charge in [-0.15, -0.1) is 0 Å². The summed E-state index contributed by atoms with van der Waals surface area (Å²) in [6.07, 6.45) is 5.44. The van der Waals surface area contributed by atoms with Gasteiger partial charge in [0.15, 0.2) is 0 Å². The fraction of sp³-hybridized carbons (Fsp3) is 0.909. The van der Waals surface area contributed by atoms with Crippen LogP contribution in [0.3, 0.4) is 0 Å². The lowest BCUT2D eigenvalue weighted by atomic mass is 10.0. The van der Waals surface area contributed by atoms with Gasteiger partial charge in [0.25, 0.3) is 0 Å². The molecule has 78 valence electrons. The summed E-state index contributed by atoms with van der Waals surface area (Å²) in [4.78, 5) is 13.9. The monoisotopic (exact) mass is 194 g/mol. The summed E-state index contributed by atoms with van der Waals surface area (Å²) >= 11 is 0. The van der Waals surface area contributed by atoms with Crippen LogP contribution in [0.25, 0.3) is 0 Å². The molecule has 1 heterocycles. The maximum absolute atomic E-state index is 11.8. The average molecular weight is 194 g/mol. The van der Waals surface area contributed by atoms with E-state index in [1.54, 1.807) is 0 Å². The predicted octanol–water partition coefficient (Wildman–Crippen LogP) is 0.607. The molecule has 3 aliphatic rings. The molecule has 2 saturated carbocycles. The summed E-state index contributed by atoms with van der Waals surface area (Å²) < 4.78 is 0. The zero-order valence-corrected chi connectivity index (χ0v) is 8.54. The van der Waals surface area contributed by atoms with E-state index in [0.29, 0.717) is 18.5 Å². The molecule has 0 spiro atoms. The van der Waals surface area contributed by atoms with Crippen molar-refractivity contribution in [3.63, 3.8) is 0 Å². The van der Waals surface area contributed by atoms with Crippen LogP contribution in [-0.2, 0) is 4.79 Å². The molecule has 0 bridgehead atoms. The molecule has 14 heavy (non-hydrogen) atoms. The van der Waals surface area contributed by atoms with E-state index in [0.717, 1.165) is 24.9 Å². The summed E-state index contributed by atoms with van der Waals surface area (Å²) in [5, 5.41) is 3.15. The van der Waals surface area contributed by atoms with E-state index in [1.807, 2.05) is 0 Å². The number of rotatable bonds is 3. The highest BCUT2D eigenvalue weighted by Gasteiger charge is 2.46. The SMILES string of the molecule is O=C1CNCCN1C(C1CC1)C1CC1. The van der Waals surface area contributed by atoms with Gasteiger partial charge in [-0.25, -0.2) is 0 Å². The first kappa shape index (κ1) is 8.72. The Kier molecular flexibility index (Phi) is 2.01. The van der Waals surface area contributed by atoms with Crippen molar-refractivity contribution in [1.29, 1.82) is 0 Å². The van der Waals surface area contributed by atoms with Crippen molar-refractivity contribution >= 4 is 5.91 Å². The highest BCUT2D eigenvalue weighted by molar-refractivity contribution is 5.79. The van der Waals surface area contributed by atoms with Crippen molar-refractivity contribution in [2.75, 3.05) is 19.6 Å². The van der Waals surface area contributed by atoms with Crippen LogP contribution in [0.1, 0.15) is 25.7 Å². The number of hydrogen-bond acceptors (Lipinski definition) is 2. The topological polar surface area (TPSA) is 32.3 Å². The van der Waals surface area contributed by atoms with Crippen LogP contribution in [0.2, 0.25) is 0 Å². The number of nitrogens with one attached hydrogen (secondary N) is 1. The van der Waals surface area contributed by atoms with Gasteiger partial charge in [0.1, 0.15) is 0 Å². The third-order valence-electron chi connectivity index (χ3n) is 3.70. The minimum atomic E-state index is 0.333. The quantitative estimate of drug-likeness (QED) is 0.714. The third kappa shape index (κ3) is 1.54. The molecule has 3 heteroatoms. The molecule has 2 aliphatic carbocycles. The normalized spacial score (nSPS) is 28.6. The second-order valence-electron chi connectivity index (χ2n) is 4.93. The van der Waals surface area contributed by atoms with E-state index in [9.17, 15) is 4.79 Å². The molecule has 0 unspecified atom stereocenters. The first-order valence-corrected chi connectivity index (χ1v) is 5.86. The first-order valence-electron chi connectivity index (χ1n) is 5.86. The van der Waals surface area contributed by atoms with E-state index in [2.05, 4.69) is 10.2 Å². The van der Waals surface area contributed by atoms with Crippen LogP contribution >= 0.6 is 0 Å². The lowest BCUT2D eigenvalue weighted by Gasteiger charge is -2.35. The summed E-state index contributed by atoms with van der Waals surface area (Å²) in [5.41, 5.74) is 0. The number of carbonyl (C=O) groups is 1. The molecular weight excluding hydrogens is 176 g/mol. The number of carbonyl (C=O) groups excluding carboxylic acids is 1. The molecule has 0 radical (unpaired) electrons. The van der Waals surface area contributed by atoms with Gasteiger partial charge in [0, 0.05) is 19.1 Å². The Balaban J connectivity index is 1.72. The Hall–Kier alpha value is -0.570. The Morgan fingerprint density at radius 2 is 1.86 bits per heavy atom. The van der Waals surface area contributed by atoms with Crippen molar-refractivity contribution < 1.29 is 4.79 Å². The molecule has 1 N–H and O–H groups in total. The van der Waals surface area contributed by atoms with Gasteiger partial charge >= 0.3 is 0 Å². The fourth-order valence-corrected chi connectivity index (χ4v) is 2.71. The largest absolute Gasteiger partial charge is 0.337 e. The molecule has 1 saturated heterocycles. The van der Waals surface area contributed by atoms with Gasteiger partial charge in [0.2, 0.25) is 5.91 Å². The summed E-state index contributed by atoms with van der Waals surface area (Å²) in [6.45, 7) is 2.49. The molecule has 0 aromatic heterocycles. The number of nitrogens with zero attached hydrogens (tertiary/aromatic N) is 1. The molecule has 3 rings (SSSR count).